The minimum Gasteiger partial charge on any atom is -0.444 e. The maximum atomic E-state index is 11.7. The lowest BCUT2D eigenvalue weighted by atomic mass is 10.2. The van der Waals surface area contributed by atoms with Crippen LogP contribution in [0.4, 0.5) is 4.79 Å². The number of nitrogens with one attached hydrogen (secondary N) is 2. The van der Waals surface area contributed by atoms with Crippen molar-refractivity contribution in [2.45, 2.75) is 83.7 Å². The molecule has 0 aromatic heterocycles. The van der Waals surface area contributed by atoms with Gasteiger partial charge in [-0.15, -0.1) is 0 Å². The highest BCUT2D eigenvalue weighted by atomic mass is 32.1. The van der Waals surface area contributed by atoms with Crippen molar-refractivity contribution in [2.75, 3.05) is 6.54 Å². The first-order chi connectivity index (χ1) is 10.2. The highest BCUT2D eigenvalue weighted by Gasteiger charge is 2.51. The zero-order chi connectivity index (χ0) is 18.1. The predicted molar refractivity (Wildman–Crippen MR) is 100 cm³/mol. The predicted octanol–water partition coefficient (Wildman–Crippen LogP) is 3.94. The molecular formula is C16H32N2O3SSi. The number of amides is 1. The fraction of sp³-hybridized carbons (Fsp3) is 0.875. The number of carbonyl (C=O) groups excluding carboxylic acids is 1. The number of thiocarbonyl (C=S) groups is 1. The van der Waals surface area contributed by atoms with E-state index in [0.29, 0.717) is 6.54 Å². The van der Waals surface area contributed by atoms with Gasteiger partial charge in [0.1, 0.15) is 5.60 Å². The Balaban J connectivity index is 2.46. The average molecular weight is 361 g/mol. The minimum atomic E-state index is -1.81. The van der Waals surface area contributed by atoms with Gasteiger partial charge in [-0.3, -0.25) is 5.32 Å². The molecule has 0 spiro atoms. The summed E-state index contributed by atoms with van der Waals surface area (Å²) in [5.74, 6) is 0. The Morgan fingerprint density at radius 3 is 2.09 bits per heavy atom. The molecule has 0 unspecified atom stereocenters. The molecule has 0 aromatic carbocycles. The van der Waals surface area contributed by atoms with Crippen LogP contribution in [0.2, 0.25) is 18.1 Å². The van der Waals surface area contributed by atoms with Crippen molar-refractivity contribution in [1.82, 2.24) is 10.6 Å². The molecule has 1 rings (SSSR count). The van der Waals surface area contributed by atoms with Crippen molar-refractivity contribution in [3.05, 3.63) is 0 Å². The Morgan fingerprint density at radius 2 is 1.70 bits per heavy atom. The molecule has 134 valence electrons. The summed E-state index contributed by atoms with van der Waals surface area (Å²) >= 11 is 5.16. The van der Waals surface area contributed by atoms with Crippen LogP contribution in [0.3, 0.4) is 0 Å². The maximum Gasteiger partial charge on any atom is 0.413 e. The number of rotatable bonds is 4. The number of alkyl carbamates (subject to hydrolysis) is 1. The summed E-state index contributed by atoms with van der Waals surface area (Å²) in [5, 5.41) is 6.10. The van der Waals surface area contributed by atoms with Crippen molar-refractivity contribution < 1.29 is 14.0 Å². The second kappa shape index (κ2) is 6.68. The summed E-state index contributed by atoms with van der Waals surface area (Å²) in [4.78, 5) is 11.7. The quantitative estimate of drug-likeness (QED) is 0.587. The molecule has 0 radical (unpaired) electrons. The number of hydrogen-bond donors (Lipinski definition) is 2. The third-order valence-electron chi connectivity index (χ3n) is 4.27. The second-order valence-electron chi connectivity index (χ2n) is 8.85. The molecule has 0 heterocycles. The van der Waals surface area contributed by atoms with E-state index in [0.717, 1.165) is 12.8 Å². The Labute approximate surface area is 147 Å². The molecule has 7 heteroatoms. The molecule has 0 bridgehead atoms. The van der Waals surface area contributed by atoms with E-state index in [1.54, 1.807) is 0 Å². The van der Waals surface area contributed by atoms with Gasteiger partial charge >= 0.3 is 6.09 Å². The van der Waals surface area contributed by atoms with Crippen LogP contribution in [0.15, 0.2) is 0 Å². The molecule has 2 N–H and O–H groups in total. The van der Waals surface area contributed by atoms with E-state index >= 15 is 0 Å². The monoisotopic (exact) mass is 360 g/mol. The lowest BCUT2D eigenvalue weighted by Crippen LogP contribution is -2.50. The van der Waals surface area contributed by atoms with Crippen LogP contribution in [0.25, 0.3) is 0 Å². The molecule has 1 amide bonds. The highest BCUT2D eigenvalue weighted by Crippen LogP contribution is 2.47. The van der Waals surface area contributed by atoms with Gasteiger partial charge in [0.15, 0.2) is 13.4 Å². The smallest absolute Gasteiger partial charge is 0.413 e. The van der Waals surface area contributed by atoms with Gasteiger partial charge < -0.3 is 14.5 Å². The van der Waals surface area contributed by atoms with Crippen molar-refractivity contribution in [2.24, 2.45) is 0 Å². The summed E-state index contributed by atoms with van der Waals surface area (Å²) in [6.07, 6.45) is 1.52. The van der Waals surface area contributed by atoms with E-state index in [2.05, 4.69) is 44.5 Å². The molecule has 1 fully saturated rings. The van der Waals surface area contributed by atoms with Crippen LogP contribution in [0.5, 0.6) is 0 Å². The van der Waals surface area contributed by atoms with Crippen LogP contribution in [0, 0.1) is 0 Å². The van der Waals surface area contributed by atoms with Crippen molar-refractivity contribution in [3.63, 3.8) is 0 Å². The first-order valence-electron chi connectivity index (χ1n) is 8.14. The topological polar surface area (TPSA) is 59.6 Å². The summed E-state index contributed by atoms with van der Waals surface area (Å²) < 4.78 is 11.7. The van der Waals surface area contributed by atoms with Gasteiger partial charge in [-0.1, -0.05) is 20.8 Å². The Morgan fingerprint density at radius 1 is 1.17 bits per heavy atom. The van der Waals surface area contributed by atoms with Crippen LogP contribution in [0.1, 0.15) is 54.4 Å². The number of hydrogen-bond acceptors (Lipinski definition) is 4. The summed E-state index contributed by atoms with van der Waals surface area (Å²) in [5.41, 5.74) is -0.675. The summed E-state index contributed by atoms with van der Waals surface area (Å²) in [7, 11) is -1.81. The maximum absolute atomic E-state index is 11.7. The van der Waals surface area contributed by atoms with Gasteiger partial charge in [0, 0.05) is 6.54 Å². The Kier molecular flexibility index (Phi) is 5.92. The second-order valence-corrected chi connectivity index (χ2v) is 14.0. The van der Waals surface area contributed by atoms with Crippen LogP contribution >= 0.6 is 12.2 Å². The van der Waals surface area contributed by atoms with E-state index < -0.39 is 20.0 Å². The van der Waals surface area contributed by atoms with Crippen LogP contribution < -0.4 is 10.6 Å². The minimum absolute atomic E-state index is 0.136. The lowest BCUT2D eigenvalue weighted by Gasteiger charge is -2.39. The SMILES string of the molecule is CC(C)(C)OC(=O)NC(=S)NCC1(O[Si](C)(C)C(C)(C)C)CC1. The van der Waals surface area contributed by atoms with Crippen molar-refractivity contribution >= 4 is 31.7 Å². The zero-order valence-corrected chi connectivity index (χ0v) is 17.6. The Bertz CT molecular complexity index is 463. The summed E-state index contributed by atoms with van der Waals surface area (Å²) in [6, 6.07) is 0. The van der Waals surface area contributed by atoms with Crippen molar-refractivity contribution in [1.29, 1.82) is 0 Å². The molecule has 0 aromatic rings. The van der Waals surface area contributed by atoms with Gasteiger partial charge in [0.2, 0.25) is 0 Å². The molecule has 1 saturated carbocycles. The number of carbonyl (C=O) groups is 1. The molecule has 0 aliphatic heterocycles. The molecule has 0 saturated heterocycles. The van der Waals surface area contributed by atoms with Gasteiger partial charge in [0.05, 0.1) is 5.60 Å². The van der Waals surface area contributed by atoms with Crippen LogP contribution in [-0.4, -0.2) is 37.3 Å². The standard InChI is InChI=1S/C16H32N2O3SSi/c1-14(2,3)20-13(19)18-12(22)17-11-16(9-10-16)21-23(7,8)15(4,5)6/h9-11H2,1-8H3,(H2,17,18,19,22). The average Bonchev–Trinajstić information content (AvgIpc) is 3.01. The molecular weight excluding hydrogens is 328 g/mol. The molecule has 1 aliphatic rings. The van der Waals surface area contributed by atoms with Gasteiger partial charge in [0.25, 0.3) is 0 Å². The highest BCUT2D eigenvalue weighted by molar-refractivity contribution is 7.80. The molecule has 0 atom stereocenters. The van der Waals surface area contributed by atoms with E-state index in [4.69, 9.17) is 21.4 Å². The third kappa shape index (κ3) is 6.77. The van der Waals surface area contributed by atoms with Crippen molar-refractivity contribution in [3.8, 4) is 0 Å². The lowest BCUT2D eigenvalue weighted by molar-refractivity contribution is 0.0561. The van der Waals surface area contributed by atoms with Gasteiger partial charge in [-0.05, 0) is 64.0 Å². The van der Waals surface area contributed by atoms with E-state index in [1.165, 1.54) is 0 Å². The molecule has 5 nitrogen and oxygen atoms in total. The summed E-state index contributed by atoms with van der Waals surface area (Å²) in [6.45, 7) is 17.3. The first kappa shape index (κ1) is 20.4. The molecule has 23 heavy (non-hydrogen) atoms. The molecule has 1 aliphatic carbocycles. The van der Waals surface area contributed by atoms with Crippen LogP contribution in [-0.2, 0) is 9.16 Å². The first-order valence-corrected chi connectivity index (χ1v) is 11.5. The Hall–Kier alpha value is -0.663. The van der Waals surface area contributed by atoms with Gasteiger partial charge in [-0.2, -0.15) is 0 Å². The van der Waals surface area contributed by atoms with E-state index in [-0.39, 0.29) is 15.8 Å². The number of ether oxygens (including phenoxy) is 1. The third-order valence-corrected chi connectivity index (χ3v) is 9.07. The largest absolute Gasteiger partial charge is 0.444 e. The fourth-order valence-electron chi connectivity index (χ4n) is 1.83. The van der Waals surface area contributed by atoms with E-state index in [1.807, 2.05) is 20.8 Å². The van der Waals surface area contributed by atoms with E-state index in [9.17, 15) is 4.79 Å². The normalized spacial score (nSPS) is 17.4. The fourth-order valence-corrected chi connectivity index (χ4v) is 3.65. The zero-order valence-electron chi connectivity index (χ0n) is 15.8. The van der Waals surface area contributed by atoms with Gasteiger partial charge in [-0.25, -0.2) is 4.79 Å².